The van der Waals surface area contributed by atoms with Crippen molar-refractivity contribution in [2.75, 3.05) is 0 Å². The van der Waals surface area contributed by atoms with Gasteiger partial charge < -0.3 is 0 Å². The van der Waals surface area contributed by atoms with Crippen molar-refractivity contribution in [2.45, 2.75) is 0 Å². The minimum Gasteiger partial charge on any atom is -0.247 e. The van der Waals surface area contributed by atoms with Gasteiger partial charge >= 0.3 is 0 Å². The summed E-state index contributed by atoms with van der Waals surface area (Å²) in [6.07, 6.45) is 0. The van der Waals surface area contributed by atoms with Gasteiger partial charge in [-0.1, -0.05) is 121 Å². The molecule has 0 aliphatic rings. The van der Waals surface area contributed by atoms with Crippen LogP contribution in [0.1, 0.15) is 0 Å². The Hall–Kier alpha value is -5.57. The van der Waals surface area contributed by atoms with Crippen LogP contribution < -0.4 is 0 Å². The molecule has 0 saturated carbocycles. The highest BCUT2D eigenvalue weighted by Crippen LogP contribution is 2.44. The topological polar surface area (TPSA) is 12.9 Å². The van der Waals surface area contributed by atoms with Crippen LogP contribution in [0.25, 0.3) is 86.5 Å². The first kappa shape index (κ1) is 25.9. The highest BCUT2D eigenvalue weighted by Gasteiger charge is 2.17. The summed E-state index contributed by atoms with van der Waals surface area (Å²) in [6, 6.07) is 59.1. The van der Waals surface area contributed by atoms with Crippen LogP contribution in [-0.2, 0) is 0 Å². The van der Waals surface area contributed by atoms with Gasteiger partial charge in [-0.25, -0.2) is 4.98 Å². The number of fused-ring (bicyclic) bond motifs is 7. The summed E-state index contributed by atoms with van der Waals surface area (Å²) in [4.78, 5) is 5.19. The monoisotopic (exact) mass is 589 g/mol. The average molecular weight is 590 g/mol. The second-order valence-electron chi connectivity index (χ2n) is 11.5. The molecular formula is C43H27NS. The Morgan fingerprint density at radius 3 is 1.56 bits per heavy atom. The van der Waals surface area contributed by atoms with E-state index in [0.717, 1.165) is 16.8 Å². The van der Waals surface area contributed by atoms with Crippen molar-refractivity contribution in [1.82, 2.24) is 4.98 Å². The smallest absolute Gasteiger partial charge is 0.0788 e. The Bertz CT molecular complexity index is 2460. The molecule has 0 unspecified atom stereocenters. The van der Waals surface area contributed by atoms with Crippen LogP contribution in [0, 0.1) is 0 Å². The third-order valence-electron chi connectivity index (χ3n) is 8.82. The molecule has 210 valence electrons. The highest BCUT2D eigenvalue weighted by atomic mass is 32.1. The van der Waals surface area contributed by atoms with E-state index in [-0.39, 0.29) is 0 Å². The molecule has 9 aromatic rings. The fourth-order valence-electron chi connectivity index (χ4n) is 6.69. The fraction of sp³-hybridized carbons (Fsp3) is 0. The van der Waals surface area contributed by atoms with E-state index >= 15 is 0 Å². The standard InChI is InChI=1S/C43H27NS/c1-4-12-28(13-5-1)32-24-33(29-14-6-2-7-15-29)26-34(25-32)31-20-22-39-37(27-31)42-40(45-39)23-21-36-41(42)35-18-10-11-19-38(35)44-43(36)30-16-8-3-9-17-30/h1-27H. The molecule has 2 heteroatoms. The zero-order valence-corrected chi connectivity index (χ0v) is 25.3. The Morgan fingerprint density at radius 2 is 0.889 bits per heavy atom. The second kappa shape index (κ2) is 10.6. The maximum atomic E-state index is 5.19. The van der Waals surface area contributed by atoms with E-state index in [9.17, 15) is 0 Å². The molecule has 45 heavy (non-hydrogen) atoms. The number of thiophene rings is 1. The highest BCUT2D eigenvalue weighted by molar-refractivity contribution is 7.26. The number of hydrogen-bond donors (Lipinski definition) is 0. The lowest BCUT2D eigenvalue weighted by atomic mass is 9.92. The fourth-order valence-corrected chi connectivity index (χ4v) is 7.79. The van der Waals surface area contributed by atoms with E-state index in [0.29, 0.717) is 0 Å². The van der Waals surface area contributed by atoms with Crippen molar-refractivity contribution >= 4 is 53.2 Å². The van der Waals surface area contributed by atoms with Gasteiger partial charge in [0.25, 0.3) is 0 Å². The molecule has 2 aromatic heterocycles. The van der Waals surface area contributed by atoms with Gasteiger partial charge in [0.15, 0.2) is 0 Å². The van der Waals surface area contributed by atoms with Gasteiger partial charge in [0.05, 0.1) is 11.2 Å². The van der Waals surface area contributed by atoms with Gasteiger partial charge in [-0.15, -0.1) is 11.3 Å². The molecule has 0 saturated heterocycles. The first-order chi connectivity index (χ1) is 22.3. The van der Waals surface area contributed by atoms with E-state index in [2.05, 4.69) is 164 Å². The molecule has 9 rings (SSSR count). The number of aromatic nitrogens is 1. The summed E-state index contributed by atoms with van der Waals surface area (Å²) < 4.78 is 2.60. The molecular weight excluding hydrogens is 563 g/mol. The molecule has 0 N–H and O–H groups in total. The minimum atomic E-state index is 1.02. The zero-order valence-electron chi connectivity index (χ0n) is 24.4. The maximum absolute atomic E-state index is 5.19. The molecule has 0 bridgehead atoms. The number of benzene rings is 7. The third kappa shape index (κ3) is 4.42. The predicted octanol–water partition coefficient (Wildman–Crippen LogP) is 12.4. The third-order valence-corrected chi connectivity index (χ3v) is 9.96. The molecule has 0 radical (unpaired) electrons. The zero-order chi connectivity index (χ0) is 29.7. The van der Waals surface area contributed by atoms with Crippen LogP contribution in [0.15, 0.2) is 164 Å². The van der Waals surface area contributed by atoms with Crippen LogP contribution in [0.3, 0.4) is 0 Å². The number of hydrogen-bond acceptors (Lipinski definition) is 2. The summed E-state index contributed by atoms with van der Waals surface area (Å²) in [5.41, 5.74) is 10.5. The Balaban J connectivity index is 1.33. The van der Waals surface area contributed by atoms with Gasteiger partial charge in [0, 0.05) is 41.9 Å². The Morgan fingerprint density at radius 1 is 0.333 bits per heavy atom. The summed E-state index contributed by atoms with van der Waals surface area (Å²) in [5, 5.41) is 6.27. The predicted molar refractivity (Wildman–Crippen MR) is 194 cm³/mol. The summed E-state index contributed by atoms with van der Waals surface area (Å²) in [5.74, 6) is 0. The SMILES string of the molecule is c1ccc(-c2cc(-c3ccccc3)cc(-c3ccc4sc5ccc6c(-c7ccccc7)nc7ccccc7c6c5c4c3)c2)cc1. The van der Waals surface area contributed by atoms with Crippen LogP contribution in [0.2, 0.25) is 0 Å². The van der Waals surface area contributed by atoms with Crippen LogP contribution in [0.5, 0.6) is 0 Å². The van der Waals surface area contributed by atoms with E-state index < -0.39 is 0 Å². The molecule has 0 amide bonds. The van der Waals surface area contributed by atoms with Crippen molar-refractivity contribution in [3.63, 3.8) is 0 Å². The lowest BCUT2D eigenvalue weighted by Gasteiger charge is -2.13. The van der Waals surface area contributed by atoms with Gasteiger partial charge in [-0.3, -0.25) is 0 Å². The van der Waals surface area contributed by atoms with Crippen molar-refractivity contribution in [1.29, 1.82) is 0 Å². The first-order valence-electron chi connectivity index (χ1n) is 15.3. The number of para-hydroxylation sites is 1. The number of nitrogens with zero attached hydrogens (tertiary/aromatic N) is 1. The molecule has 0 aliphatic heterocycles. The minimum absolute atomic E-state index is 1.02. The average Bonchev–Trinajstić information content (AvgIpc) is 3.50. The second-order valence-corrected chi connectivity index (χ2v) is 12.6. The molecule has 0 fully saturated rings. The first-order valence-corrected chi connectivity index (χ1v) is 16.1. The lowest BCUT2D eigenvalue weighted by Crippen LogP contribution is -1.90. The molecule has 1 nitrogen and oxygen atoms in total. The molecule has 0 spiro atoms. The van der Waals surface area contributed by atoms with Gasteiger partial charge in [0.1, 0.15) is 0 Å². The Kier molecular flexibility index (Phi) is 6.07. The summed E-state index contributed by atoms with van der Waals surface area (Å²) in [6.45, 7) is 0. The normalized spacial score (nSPS) is 11.6. The van der Waals surface area contributed by atoms with Crippen LogP contribution in [-0.4, -0.2) is 4.98 Å². The Labute approximate surface area is 265 Å². The van der Waals surface area contributed by atoms with E-state index in [1.807, 2.05) is 11.3 Å². The van der Waals surface area contributed by atoms with E-state index in [1.54, 1.807) is 0 Å². The van der Waals surface area contributed by atoms with Crippen molar-refractivity contribution in [3.8, 4) is 44.6 Å². The van der Waals surface area contributed by atoms with E-state index in [1.165, 1.54) is 69.7 Å². The van der Waals surface area contributed by atoms with Gasteiger partial charge in [-0.05, 0) is 75.8 Å². The number of rotatable bonds is 4. The van der Waals surface area contributed by atoms with Crippen molar-refractivity contribution in [3.05, 3.63) is 164 Å². The molecule has 0 aliphatic carbocycles. The lowest BCUT2D eigenvalue weighted by molar-refractivity contribution is 1.43. The quantitative estimate of drug-likeness (QED) is 0.186. The molecule has 2 heterocycles. The van der Waals surface area contributed by atoms with Crippen molar-refractivity contribution in [2.24, 2.45) is 0 Å². The van der Waals surface area contributed by atoms with Gasteiger partial charge in [-0.2, -0.15) is 0 Å². The maximum Gasteiger partial charge on any atom is 0.0788 e. The molecule has 0 atom stereocenters. The van der Waals surface area contributed by atoms with Crippen LogP contribution >= 0.6 is 11.3 Å². The van der Waals surface area contributed by atoms with Gasteiger partial charge in [0.2, 0.25) is 0 Å². The summed E-state index contributed by atoms with van der Waals surface area (Å²) >= 11 is 1.87. The van der Waals surface area contributed by atoms with E-state index in [4.69, 9.17) is 4.98 Å². The largest absolute Gasteiger partial charge is 0.247 e. The summed E-state index contributed by atoms with van der Waals surface area (Å²) in [7, 11) is 0. The van der Waals surface area contributed by atoms with Crippen LogP contribution in [0.4, 0.5) is 0 Å². The number of pyridine rings is 1. The van der Waals surface area contributed by atoms with Crippen molar-refractivity contribution < 1.29 is 0 Å². The molecule has 7 aromatic carbocycles.